The Morgan fingerprint density at radius 3 is 3.09 bits per heavy atom. The fourth-order valence-corrected chi connectivity index (χ4v) is 1.36. The Kier molecular flexibility index (Phi) is 3.32. The molecule has 0 radical (unpaired) electrons. The zero-order chi connectivity index (χ0) is 8.10. The Balaban J connectivity index is 2.56. The minimum atomic E-state index is 0.688. The summed E-state index contributed by atoms with van der Waals surface area (Å²) in [7, 11) is 0. The van der Waals surface area contributed by atoms with Gasteiger partial charge in [0.05, 0.1) is 5.03 Å². The number of rotatable bonds is 3. The molecule has 0 amide bonds. The van der Waals surface area contributed by atoms with Crippen molar-refractivity contribution in [1.82, 2.24) is 9.97 Å². The van der Waals surface area contributed by atoms with Crippen LogP contribution in [0.1, 0.15) is 5.82 Å². The van der Waals surface area contributed by atoms with E-state index in [0.717, 1.165) is 16.6 Å². The first kappa shape index (κ1) is 8.49. The molecule has 1 heterocycles. The zero-order valence-corrected chi connectivity index (χ0v) is 7.27. The zero-order valence-electron chi connectivity index (χ0n) is 6.45. The average molecular weight is 169 g/mol. The highest BCUT2D eigenvalue weighted by Crippen LogP contribution is 2.12. The molecular weight excluding hydrogens is 158 g/mol. The van der Waals surface area contributed by atoms with Gasteiger partial charge in [-0.25, -0.2) is 9.97 Å². The van der Waals surface area contributed by atoms with Crippen molar-refractivity contribution in [3.05, 3.63) is 18.1 Å². The van der Waals surface area contributed by atoms with Crippen LogP contribution in [-0.4, -0.2) is 22.3 Å². The minimum Gasteiger partial charge on any atom is -0.330 e. The SMILES string of the molecule is Cc1nccc(SCCN)n1. The molecule has 0 spiro atoms. The second-order valence-corrected chi connectivity index (χ2v) is 3.19. The van der Waals surface area contributed by atoms with E-state index in [4.69, 9.17) is 5.73 Å². The van der Waals surface area contributed by atoms with Gasteiger partial charge in [-0.1, -0.05) is 0 Å². The van der Waals surface area contributed by atoms with Crippen LogP contribution in [0.2, 0.25) is 0 Å². The number of hydrogen-bond acceptors (Lipinski definition) is 4. The van der Waals surface area contributed by atoms with E-state index < -0.39 is 0 Å². The quantitative estimate of drug-likeness (QED) is 0.538. The Labute approximate surface area is 70.4 Å². The predicted molar refractivity (Wildman–Crippen MR) is 46.5 cm³/mol. The molecule has 1 aromatic heterocycles. The van der Waals surface area contributed by atoms with Gasteiger partial charge in [0.2, 0.25) is 0 Å². The summed E-state index contributed by atoms with van der Waals surface area (Å²) in [5.74, 6) is 1.73. The van der Waals surface area contributed by atoms with E-state index in [0.29, 0.717) is 6.54 Å². The molecular formula is C7H11N3S. The molecule has 0 fully saturated rings. The van der Waals surface area contributed by atoms with Gasteiger partial charge >= 0.3 is 0 Å². The van der Waals surface area contributed by atoms with Gasteiger partial charge in [-0.3, -0.25) is 0 Å². The van der Waals surface area contributed by atoms with Gasteiger partial charge in [0, 0.05) is 18.5 Å². The smallest absolute Gasteiger partial charge is 0.126 e. The molecule has 3 nitrogen and oxygen atoms in total. The first-order valence-electron chi connectivity index (χ1n) is 3.45. The van der Waals surface area contributed by atoms with Crippen molar-refractivity contribution in [2.75, 3.05) is 12.3 Å². The number of nitrogens with two attached hydrogens (primary N) is 1. The molecule has 0 aliphatic carbocycles. The van der Waals surface area contributed by atoms with Crippen molar-refractivity contribution in [2.24, 2.45) is 5.73 Å². The van der Waals surface area contributed by atoms with E-state index in [1.165, 1.54) is 0 Å². The van der Waals surface area contributed by atoms with E-state index >= 15 is 0 Å². The van der Waals surface area contributed by atoms with Crippen LogP contribution in [0.5, 0.6) is 0 Å². The molecule has 0 aliphatic rings. The Bertz CT molecular complexity index is 227. The topological polar surface area (TPSA) is 51.8 Å². The lowest BCUT2D eigenvalue weighted by molar-refractivity contribution is 0.966. The van der Waals surface area contributed by atoms with Crippen LogP contribution in [-0.2, 0) is 0 Å². The molecule has 2 N–H and O–H groups in total. The van der Waals surface area contributed by atoms with E-state index in [1.54, 1.807) is 18.0 Å². The van der Waals surface area contributed by atoms with Gasteiger partial charge in [0.15, 0.2) is 0 Å². The fourth-order valence-electron chi connectivity index (χ4n) is 0.678. The fraction of sp³-hybridized carbons (Fsp3) is 0.429. The number of aromatic nitrogens is 2. The Morgan fingerprint density at radius 1 is 1.64 bits per heavy atom. The molecule has 0 unspecified atom stereocenters. The van der Waals surface area contributed by atoms with E-state index in [-0.39, 0.29) is 0 Å². The molecule has 1 aromatic rings. The van der Waals surface area contributed by atoms with Gasteiger partial charge in [0.1, 0.15) is 5.82 Å². The number of aryl methyl sites for hydroxylation is 1. The number of thioether (sulfide) groups is 1. The Hall–Kier alpha value is -0.610. The molecule has 1 rings (SSSR count). The summed E-state index contributed by atoms with van der Waals surface area (Å²) in [4.78, 5) is 8.20. The summed E-state index contributed by atoms with van der Waals surface area (Å²) in [5.41, 5.74) is 5.35. The lowest BCUT2D eigenvalue weighted by atomic mass is 10.6. The highest BCUT2D eigenvalue weighted by atomic mass is 32.2. The van der Waals surface area contributed by atoms with Gasteiger partial charge in [-0.2, -0.15) is 0 Å². The first-order chi connectivity index (χ1) is 5.33. The highest BCUT2D eigenvalue weighted by molar-refractivity contribution is 7.99. The second kappa shape index (κ2) is 4.31. The van der Waals surface area contributed by atoms with E-state index in [2.05, 4.69) is 9.97 Å². The lowest BCUT2D eigenvalue weighted by Gasteiger charge is -1.97. The van der Waals surface area contributed by atoms with Crippen LogP contribution in [0.3, 0.4) is 0 Å². The summed E-state index contributed by atoms with van der Waals surface area (Å²) in [6.07, 6.45) is 1.77. The van der Waals surface area contributed by atoms with Crippen LogP contribution < -0.4 is 5.73 Å². The van der Waals surface area contributed by atoms with Crippen LogP contribution >= 0.6 is 11.8 Å². The summed E-state index contributed by atoms with van der Waals surface area (Å²) in [6, 6.07) is 1.90. The van der Waals surface area contributed by atoms with Gasteiger partial charge in [-0.05, 0) is 13.0 Å². The summed E-state index contributed by atoms with van der Waals surface area (Å²) in [5, 5.41) is 1.00. The third kappa shape index (κ3) is 2.86. The maximum Gasteiger partial charge on any atom is 0.126 e. The van der Waals surface area contributed by atoms with Crippen molar-refractivity contribution in [3.63, 3.8) is 0 Å². The molecule has 0 aliphatic heterocycles. The lowest BCUT2D eigenvalue weighted by Crippen LogP contribution is -2.01. The van der Waals surface area contributed by atoms with E-state index in [1.807, 2.05) is 13.0 Å². The summed E-state index contributed by atoms with van der Waals surface area (Å²) in [6.45, 7) is 2.57. The van der Waals surface area contributed by atoms with Gasteiger partial charge in [-0.15, -0.1) is 11.8 Å². The molecule has 0 atom stereocenters. The van der Waals surface area contributed by atoms with Crippen molar-refractivity contribution in [1.29, 1.82) is 0 Å². The normalized spacial score (nSPS) is 10.0. The largest absolute Gasteiger partial charge is 0.330 e. The van der Waals surface area contributed by atoms with Crippen molar-refractivity contribution < 1.29 is 0 Å². The second-order valence-electron chi connectivity index (χ2n) is 2.08. The van der Waals surface area contributed by atoms with Crippen LogP contribution in [0.4, 0.5) is 0 Å². The molecule has 11 heavy (non-hydrogen) atoms. The Morgan fingerprint density at radius 2 is 2.45 bits per heavy atom. The predicted octanol–water partition coefficient (Wildman–Crippen LogP) is 0.836. The van der Waals surface area contributed by atoms with Crippen molar-refractivity contribution in [3.8, 4) is 0 Å². The molecule has 60 valence electrons. The highest BCUT2D eigenvalue weighted by Gasteiger charge is 1.93. The monoisotopic (exact) mass is 169 g/mol. The summed E-state index contributed by atoms with van der Waals surface area (Å²) >= 11 is 1.66. The molecule has 0 bridgehead atoms. The van der Waals surface area contributed by atoms with Gasteiger partial charge < -0.3 is 5.73 Å². The maximum atomic E-state index is 5.35. The first-order valence-corrected chi connectivity index (χ1v) is 4.44. The molecule has 4 heteroatoms. The standard InChI is InChI=1S/C7H11N3S/c1-6-9-4-2-7(10-6)11-5-3-8/h2,4H,3,5,8H2,1H3. The van der Waals surface area contributed by atoms with Crippen LogP contribution in [0.25, 0.3) is 0 Å². The van der Waals surface area contributed by atoms with Crippen molar-refractivity contribution >= 4 is 11.8 Å². The maximum absolute atomic E-state index is 5.35. The van der Waals surface area contributed by atoms with Crippen molar-refractivity contribution in [2.45, 2.75) is 11.9 Å². The summed E-state index contributed by atoms with van der Waals surface area (Å²) < 4.78 is 0. The van der Waals surface area contributed by atoms with Crippen LogP contribution in [0.15, 0.2) is 17.3 Å². The molecule has 0 saturated carbocycles. The van der Waals surface area contributed by atoms with Gasteiger partial charge in [0.25, 0.3) is 0 Å². The molecule has 0 aromatic carbocycles. The van der Waals surface area contributed by atoms with Crippen LogP contribution in [0, 0.1) is 6.92 Å². The number of nitrogens with zero attached hydrogens (tertiary/aromatic N) is 2. The minimum absolute atomic E-state index is 0.688. The third-order valence-electron chi connectivity index (χ3n) is 1.12. The van der Waals surface area contributed by atoms with E-state index in [9.17, 15) is 0 Å². The molecule has 0 saturated heterocycles. The third-order valence-corrected chi connectivity index (χ3v) is 2.08. The number of hydrogen-bond donors (Lipinski definition) is 1. The average Bonchev–Trinajstić information content (AvgIpc) is 2.01.